The van der Waals surface area contributed by atoms with Crippen molar-refractivity contribution in [2.45, 2.75) is 26.7 Å². The third-order valence-corrected chi connectivity index (χ3v) is 3.99. The molecule has 6 nitrogen and oxygen atoms in total. The van der Waals surface area contributed by atoms with Crippen molar-refractivity contribution in [2.24, 2.45) is 0 Å². The van der Waals surface area contributed by atoms with E-state index in [4.69, 9.17) is 4.74 Å². The van der Waals surface area contributed by atoms with Crippen LogP contribution in [0, 0.1) is 11.3 Å². The molecule has 0 radical (unpaired) electrons. The van der Waals surface area contributed by atoms with E-state index in [1.807, 2.05) is 18.2 Å². The van der Waals surface area contributed by atoms with Gasteiger partial charge in [-0.05, 0) is 42.7 Å². The van der Waals surface area contributed by atoms with Crippen LogP contribution in [0.15, 0.2) is 60.3 Å². The van der Waals surface area contributed by atoms with Gasteiger partial charge < -0.3 is 15.4 Å². The number of anilines is 2. The Morgan fingerprint density at radius 3 is 2.43 bits per heavy atom. The number of carbonyl (C=O) groups excluding carboxylic acids is 2. The lowest BCUT2D eigenvalue weighted by atomic mass is 10.0. The Morgan fingerprint density at radius 1 is 1.14 bits per heavy atom. The summed E-state index contributed by atoms with van der Waals surface area (Å²) in [6.07, 6.45) is 1.27. The van der Waals surface area contributed by atoms with Crippen LogP contribution in [0.4, 0.5) is 11.4 Å². The van der Waals surface area contributed by atoms with Gasteiger partial charge in [0.15, 0.2) is 0 Å². The van der Waals surface area contributed by atoms with Gasteiger partial charge in [0.2, 0.25) is 0 Å². The number of amides is 1. The smallest absolute Gasteiger partial charge is 0.340 e. The number of para-hydroxylation sites is 1. The van der Waals surface area contributed by atoms with E-state index < -0.39 is 11.9 Å². The van der Waals surface area contributed by atoms with Crippen LogP contribution >= 0.6 is 0 Å². The van der Waals surface area contributed by atoms with Gasteiger partial charge in [0.05, 0.1) is 17.9 Å². The number of rotatable bonds is 7. The third kappa shape index (κ3) is 5.45. The minimum Gasteiger partial charge on any atom is -0.462 e. The molecular weight excluding hydrogens is 354 g/mol. The average Bonchev–Trinajstić information content (AvgIpc) is 2.69. The summed E-state index contributed by atoms with van der Waals surface area (Å²) < 4.78 is 5.01. The van der Waals surface area contributed by atoms with Crippen molar-refractivity contribution in [3.63, 3.8) is 0 Å². The molecule has 0 unspecified atom stereocenters. The Balaban J connectivity index is 2.13. The minimum atomic E-state index is -0.541. The molecule has 2 N–H and O–H groups in total. The van der Waals surface area contributed by atoms with E-state index in [-0.39, 0.29) is 12.2 Å². The summed E-state index contributed by atoms with van der Waals surface area (Å²) in [6, 6.07) is 16.0. The summed E-state index contributed by atoms with van der Waals surface area (Å²) >= 11 is 0. The van der Waals surface area contributed by atoms with Gasteiger partial charge in [0, 0.05) is 11.9 Å². The first-order valence-corrected chi connectivity index (χ1v) is 9.00. The lowest BCUT2D eigenvalue weighted by Gasteiger charge is -2.10. The van der Waals surface area contributed by atoms with Crippen molar-refractivity contribution >= 4 is 23.3 Å². The lowest BCUT2D eigenvalue weighted by molar-refractivity contribution is -0.112. The third-order valence-electron chi connectivity index (χ3n) is 3.99. The minimum absolute atomic E-state index is 0.119. The van der Waals surface area contributed by atoms with Crippen LogP contribution in [0.1, 0.15) is 42.6 Å². The predicted molar refractivity (Wildman–Crippen MR) is 109 cm³/mol. The first kappa shape index (κ1) is 20.7. The molecule has 0 aliphatic carbocycles. The number of nitrogens with one attached hydrogen (secondary N) is 2. The molecule has 0 atom stereocenters. The highest BCUT2D eigenvalue weighted by molar-refractivity contribution is 6.07. The topological polar surface area (TPSA) is 91.2 Å². The zero-order valence-electron chi connectivity index (χ0n) is 16.2. The van der Waals surface area contributed by atoms with Crippen molar-refractivity contribution < 1.29 is 14.3 Å². The molecule has 0 fully saturated rings. The maximum atomic E-state index is 12.4. The molecule has 0 aliphatic rings. The van der Waals surface area contributed by atoms with Crippen LogP contribution in [0.5, 0.6) is 0 Å². The van der Waals surface area contributed by atoms with Crippen molar-refractivity contribution in [2.75, 3.05) is 17.2 Å². The van der Waals surface area contributed by atoms with Gasteiger partial charge in [-0.25, -0.2) is 4.79 Å². The highest BCUT2D eigenvalue weighted by Gasteiger charge is 2.13. The van der Waals surface area contributed by atoms with E-state index in [2.05, 4.69) is 24.5 Å². The molecule has 0 saturated heterocycles. The predicted octanol–water partition coefficient (Wildman–Crippen LogP) is 4.44. The second kappa shape index (κ2) is 9.93. The van der Waals surface area contributed by atoms with E-state index >= 15 is 0 Å². The Hall–Kier alpha value is -3.59. The van der Waals surface area contributed by atoms with E-state index in [1.165, 1.54) is 6.20 Å². The first-order chi connectivity index (χ1) is 13.5. The maximum absolute atomic E-state index is 12.4. The van der Waals surface area contributed by atoms with Gasteiger partial charge in [-0.3, -0.25) is 4.79 Å². The molecule has 144 valence electrons. The van der Waals surface area contributed by atoms with Gasteiger partial charge in [-0.15, -0.1) is 0 Å². The van der Waals surface area contributed by atoms with Crippen molar-refractivity contribution in [3.8, 4) is 6.07 Å². The first-order valence-electron chi connectivity index (χ1n) is 9.00. The summed E-state index contributed by atoms with van der Waals surface area (Å²) in [6.45, 7) is 6.15. The maximum Gasteiger partial charge on any atom is 0.340 e. The average molecular weight is 377 g/mol. The summed E-state index contributed by atoms with van der Waals surface area (Å²) in [5, 5.41) is 14.9. The largest absolute Gasteiger partial charge is 0.462 e. The molecule has 0 bridgehead atoms. The Kier molecular flexibility index (Phi) is 7.35. The fraction of sp³-hybridized carbons (Fsp3) is 0.227. The number of hydrogen-bond donors (Lipinski definition) is 2. The molecule has 0 heterocycles. The zero-order valence-corrected chi connectivity index (χ0v) is 16.2. The van der Waals surface area contributed by atoms with E-state index in [0.29, 0.717) is 22.9 Å². The number of nitrogens with zero attached hydrogens (tertiary/aromatic N) is 1. The normalized spacial score (nSPS) is 10.9. The van der Waals surface area contributed by atoms with Crippen LogP contribution < -0.4 is 10.6 Å². The molecule has 2 aromatic rings. The second-order valence-corrected chi connectivity index (χ2v) is 6.31. The molecule has 0 aliphatic heterocycles. The second-order valence-electron chi connectivity index (χ2n) is 6.31. The van der Waals surface area contributed by atoms with Gasteiger partial charge >= 0.3 is 5.97 Å². The highest BCUT2D eigenvalue weighted by atomic mass is 16.5. The van der Waals surface area contributed by atoms with Crippen LogP contribution in [0.25, 0.3) is 0 Å². The number of nitriles is 1. The molecule has 0 spiro atoms. The van der Waals surface area contributed by atoms with Crippen LogP contribution in [-0.2, 0) is 9.53 Å². The fourth-order valence-electron chi connectivity index (χ4n) is 2.44. The van der Waals surface area contributed by atoms with Crippen molar-refractivity contribution in [1.29, 1.82) is 5.26 Å². The van der Waals surface area contributed by atoms with Crippen LogP contribution in [-0.4, -0.2) is 18.5 Å². The van der Waals surface area contributed by atoms with E-state index in [1.54, 1.807) is 43.3 Å². The molecule has 1 amide bonds. The fourth-order valence-corrected chi connectivity index (χ4v) is 2.44. The molecule has 28 heavy (non-hydrogen) atoms. The standard InChI is InChI=1S/C22H23N3O3/c1-4-28-22(27)19-7-5-6-8-20(19)24-14-17(13-23)21(26)25-18-11-9-16(10-12-18)15(2)3/h5-12,14-15,24H,4H2,1-3H3,(H,25,26)/b17-14-. The molecule has 6 heteroatoms. The molecular formula is C22H23N3O3. The molecule has 0 aromatic heterocycles. The Bertz CT molecular complexity index is 909. The lowest BCUT2D eigenvalue weighted by Crippen LogP contribution is -2.15. The van der Waals surface area contributed by atoms with Crippen LogP contribution in [0.3, 0.4) is 0 Å². The SMILES string of the molecule is CCOC(=O)c1ccccc1N/C=C(/C#N)C(=O)Nc1ccc(C(C)C)cc1. The number of benzene rings is 2. The van der Waals surface area contributed by atoms with Gasteiger partial charge in [0.25, 0.3) is 5.91 Å². The van der Waals surface area contributed by atoms with E-state index in [0.717, 1.165) is 5.56 Å². The molecule has 2 rings (SSSR count). The zero-order chi connectivity index (χ0) is 20.5. The number of esters is 1. The van der Waals surface area contributed by atoms with Crippen LogP contribution in [0.2, 0.25) is 0 Å². The highest BCUT2D eigenvalue weighted by Crippen LogP contribution is 2.19. The van der Waals surface area contributed by atoms with Crippen molar-refractivity contribution in [3.05, 3.63) is 71.4 Å². The Morgan fingerprint density at radius 2 is 1.82 bits per heavy atom. The molecule has 2 aromatic carbocycles. The number of ether oxygens (including phenoxy) is 1. The number of carbonyl (C=O) groups is 2. The summed E-state index contributed by atoms with van der Waals surface area (Å²) in [7, 11) is 0. The molecule has 0 saturated carbocycles. The Labute approximate surface area is 164 Å². The van der Waals surface area contributed by atoms with Gasteiger partial charge in [-0.1, -0.05) is 38.1 Å². The summed E-state index contributed by atoms with van der Waals surface area (Å²) in [5.74, 6) is -0.629. The summed E-state index contributed by atoms with van der Waals surface area (Å²) in [5.41, 5.74) is 2.41. The van der Waals surface area contributed by atoms with Gasteiger partial charge in [-0.2, -0.15) is 5.26 Å². The number of hydrogen-bond acceptors (Lipinski definition) is 5. The summed E-state index contributed by atoms with van der Waals surface area (Å²) in [4.78, 5) is 24.4. The quantitative estimate of drug-likeness (QED) is 0.423. The monoisotopic (exact) mass is 377 g/mol. The van der Waals surface area contributed by atoms with E-state index in [9.17, 15) is 14.9 Å². The van der Waals surface area contributed by atoms with Gasteiger partial charge in [0.1, 0.15) is 11.6 Å². The van der Waals surface area contributed by atoms with Crippen molar-refractivity contribution in [1.82, 2.24) is 0 Å².